The minimum atomic E-state index is -9.61. The average molecular weight is 716 g/mol. The number of halogens is 24. The first kappa shape index (κ1) is 41.0. The van der Waals surface area contributed by atoms with E-state index in [1.165, 1.54) is 0 Å². The molecule has 260 valence electrons. The zero-order valence-electron chi connectivity index (χ0n) is 19.0. The number of rotatable bonds is 13. The Morgan fingerprint density at radius 2 is 0.705 bits per heavy atom. The molecule has 44 heavy (non-hydrogen) atoms. The minimum Gasteiger partial charge on any atom is -0.478 e. The van der Waals surface area contributed by atoms with Gasteiger partial charge in [0, 0.05) is 12.2 Å². The van der Waals surface area contributed by atoms with Crippen LogP contribution in [-0.4, -0.2) is 88.8 Å². The summed E-state index contributed by atoms with van der Waals surface area (Å²) < 4.78 is 321. The Kier molecular flexibility index (Phi) is 10.1. The number of carboxylic acid groups (broad SMARTS) is 1. The normalized spacial score (nSPS) is 16.7. The van der Waals surface area contributed by atoms with E-state index in [0.717, 1.165) is 0 Å². The second kappa shape index (κ2) is 10.8. The number of esters is 1. The van der Waals surface area contributed by atoms with Crippen LogP contribution in [0.1, 0.15) is 0 Å². The van der Waals surface area contributed by atoms with Gasteiger partial charge in [-0.25, -0.2) is 9.59 Å². The predicted molar refractivity (Wildman–Crippen MR) is 83.3 cm³/mol. The van der Waals surface area contributed by atoms with E-state index in [4.69, 9.17) is 5.11 Å². The molecule has 0 saturated heterocycles. The Morgan fingerprint density at radius 1 is 0.455 bits per heavy atom. The second-order valence-corrected chi connectivity index (χ2v) is 7.71. The fraction of sp³-hybridized carbons (Fsp3) is 0.750. The van der Waals surface area contributed by atoms with Gasteiger partial charge in [-0.1, -0.05) is 0 Å². The van der Waals surface area contributed by atoms with Crippen molar-refractivity contribution in [1.82, 2.24) is 0 Å². The number of carbonyl (C=O) groups is 2. The summed E-state index contributed by atoms with van der Waals surface area (Å²) in [5, 5.41) is 8.05. The average Bonchev–Trinajstić information content (AvgIpc) is 2.80. The van der Waals surface area contributed by atoms with Crippen molar-refractivity contribution in [3.63, 3.8) is 0 Å². The van der Waals surface area contributed by atoms with E-state index in [0.29, 0.717) is 0 Å². The van der Waals surface area contributed by atoms with E-state index in [9.17, 15) is 115 Å². The molecule has 1 unspecified atom stereocenters. The zero-order valence-corrected chi connectivity index (χ0v) is 19.0. The molecule has 0 radical (unpaired) electrons. The maximum Gasteiger partial charge on any atom is 0.460 e. The van der Waals surface area contributed by atoms with Crippen molar-refractivity contribution in [2.24, 2.45) is 0 Å². The van der Waals surface area contributed by atoms with Crippen LogP contribution in [0.25, 0.3) is 0 Å². The predicted octanol–water partition coefficient (Wildman–Crippen LogP) is 7.38. The van der Waals surface area contributed by atoms with E-state index in [1.54, 1.807) is 0 Å². The fourth-order valence-electron chi connectivity index (χ4n) is 2.26. The van der Waals surface area contributed by atoms with Gasteiger partial charge >= 0.3 is 83.7 Å². The molecule has 0 saturated carbocycles. The maximum atomic E-state index is 13.7. The molecule has 0 aromatic carbocycles. The number of alkyl halides is 24. The number of carboxylic acids is 1. The number of hydrogen-bond donors (Lipinski definition) is 1. The van der Waals surface area contributed by atoms with Gasteiger partial charge in [0.15, 0.2) is 0 Å². The van der Waals surface area contributed by atoms with E-state index in [1.807, 2.05) is 0 Å². The Bertz CT molecular complexity index is 1120. The van der Waals surface area contributed by atoms with Crippen LogP contribution in [0.15, 0.2) is 12.2 Å². The third-order valence-electron chi connectivity index (χ3n) is 4.80. The first-order valence-electron chi connectivity index (χ1n) is 9.34. The molecule has 0 spiro atoms. The Hall–Kier alpha value is -3.00. The highest BCUT2D eigenvalue weighted by atomic mass is 19.4. The first-order chi connectivity index (χ1) is 18.7. The monoisotopic (exact) mass is 716 g/mol. The molecule has 0 rings (SSSR count). The van der Waals surface area contributed by atoms with Gasteiger partial charge in [0.2, 0.25) is 0 Å². The van der Waals surface area contributed by atoms with E-state index >= 15 is 0 Å². The van der Waals surface area contributed by atoms with Crippen molar-refractivity contribution in [2.75, 3.05) is 0 Å². The van der Waals surface area contributed by atoms with Gasteiger partial charge in [0.1, 0.15) is 0 Å². The van der Waals surface area contributed by atoms with Crippen LogP contribution < -0.4 is 0 Å². The van der Waals surface area contributed by atoms with Crippen LogP contribution in [0.5, 0.6) is 0 Å². The van der Waals surface area contributed by atoms with E-state index in [-0.39, 0.29) is 0 Å². The molecule has 1 N–H and O–H groups in total. The van der Waals surface area contributed by atoms with Crippen LogP contribution in [0, 0.1) is 0 Å². The molecule has 0 aliphatic rings. The molecule has 0 aromatic rings. The lowest BCUT2D eigenvalue weighted by atomic mass is 9.85. The molecule has 0 aliphatic carbocycles. The molecule has 0 fully saturated rings. The van der Waals surface area contributed by atoms with Crippen molar-refractivity contribution >= 4 is 11.9 Å². The SMILES string of the molecule is O=C(O)/C=C\C(=O)OC(F)C(F)(F)C(F)(F)C(F)(F)C(F)(F)C(F)(F)C(F)(F)C(F)(F)C(F)(F)C(F)(F)C(F)(F)C(F)(F)F. The van der Waals surface area contributed by atoms with Crippen molar-refractivity contribution in [3.8, 4) is 0 Å². The summed E-state index contributed by atoms with van der Waals surface area (Å²) in [6.07, 6.45) is -15.2. The van der Waals surface area contributed by atoms with Gasteiger partial charge in [-0.15, -0.1) is 0 Å². The Morgan fingerprint density at radius 3 is 0.955 bits per heavy atom. The highest BCUT2D eigenvalue weighted by Crippen LogP contribution is 2.67. The molecule has 0 amide bonds. The van der Waals surface area contributed by atoms with Gasteiger partial charge in [-0.2, -0.15) is 105 Å². The lowest BCUT2D eigenvalue weighted by Crippen LogP contribution is -2.78. The van der Waals surface area contributed by atoms with Gasteiger partial charge in [-0.3, -0.25) is 0 Å². The lowest BCUT2D eigenvalue weighted by molar-refractivity contribution is -0.480. The summed E-state index contributed by atoms with van der Waals surface area (Å²) in [6.45, 7) is 0. The summed E-state index contributed by atoms with van der Waals surface area (Å²) in [5.41, 5.74) is 0. The maximum absolute atomic E-state index is 13.7. The van der Waals surface area contributed by atoms with Gasteiger partial charge in [0.05, 0.1) is 0 Å². The smallest absolute Gasteiger partial charge is 0.460 e. The topological polar surface area (TPSA) is 63.6 Å². The second-order valence-electron chi connectivity index (χ2n) is 7.71. The van der Waals surface area contributed by atoms with Crippen LogP contribution in [0.2, 0.25) is 0 Å². The molecule has 1 atom stereocenters. The van der Waals surface area contributed by atoms with Crippen LogP contribution in [0.4, 0.5) is 105 Å². The van der Waals surface area contributed by atoms with Gasteiger partial charge in [0.25, 0.3) is 0 Å². The van der Waals surface area contributed by atoms with Crippen molar-refractivity contribution in [2.45, 2.75) is 71.8 Å². The molecule has 4 nitrogen and oxygen atoms in total. The number of hydrogen-bond acceptors (Lipinski definition) is 3. The molecule has 0 bridgehead atoms. The van der Waals surface area contributed by atoms with Crippen LogP contribution >= 0.6 is 0 Å². The van der Waals surface area contributed by atoms with Crippen molar-refractivity contribution in [1.29, 1.82) is 0 Å². The van der Waals surface area contributed by atoms with Crippen molar-refractivity contribution < 1.29 is 125 Å². The summed E-state index contributed by atoms with van der Waals surface area (Å²) in [6, 6.07) is 0. The highest BCUT2D eigenvalue weighted by Gasteiger charge is 2.99. The summed E-state index contributed by atoms with van der Waals surface area (Å²) >= 11 is 0. The molecular weight excluding hydrogens is 712 g/mol. The number of ether oxygens (including phenoxy) is 1. The molecule has 28 heteroatoms. The van der Waals surface area contributed by atoms with E-state index in [2.05, 4.69) is 4.74 Å². The van der Waals surface area contributed by atoms with E-state index < -0.39 is 95.8 Å². The lowest BCUT2D eigenvalue weighted by Gasteiger charge is -2.45. The largest absolute Gasteiger partial charge is 0.478 e. The Balaban J connectivity index is 7.11. The van der Waals surface area contributed by atoms with Crippen molar-refractivity contribution in [3.05, 3.63) is 12.2 Å². The van der Waals surface area contributed by atoms with Crippen LogP contribution in [-0.2, 0) is 14.3 Å². The molecule has 0 heterocycles. The summed E-state index contributed by atoms with van der Waals surface area (Å²) in [5.74, 6) is -96.5. The molecular formula is C16H4F24O4. The van der Waals surface area contributed by atoms with Crippen LogP contribution in [0.3, 0.4) is 0 Å². The standard InChI is InChI=1S/C16H4F24O4/c17-5(44-4(43)2-1-3(41)42)6(18,19)7(20,21)8(22,23)9(24,25)10(26,27)11(28,29)12(30,31)13(32,33)14(34,35)15(36,37)16(38,39)40/h1-2,5H,(H,41,42)/b2-1-. The molecule has 0 aliphatic heterocycles. The van der Waals surface area contributed by atoms with Gasteiger partial charge in [-0.05, 0) is 0 Å². The zero-order chi connectivity index (χ0) is 36.4. The third-order valence-corrected chi connectivity index (χ3v) is 4.80. The molecule has 0 aromatic heterocycles. The summed E-state index contributed by atoms with van der Waals surface area (Å²) in [7, 11) is 0. The minimum absolute atomic E-state index is 0.513. The first-order valence-corrected chi connectivity index (χ1v) is 9.34. The number of aliphatic carboxylic acids is 1. The fourth-order valence-corrected chi connectivity index (χ4v) is 2.26. The Labute approximate surface area is 222 Å². The number of carbonyl (C=O) groups excluding carboxylic acids is 1. The van der Waals surface area contributed by atoms with Gasteiger partial charge < -0.3 is 9.84 Å². The quantitative estimate of drug-likeness (QED) is 0.123. The summed E-state index contributed by atoms with van der Waals surface area (Å²) in [4.78, 5) is 20.8. The highest BCUT2D eigenvalue weighted by molar-refractivity contribution is 5.90. The third kappa shape index (κ3) is 5.41.